The number of benzene rings is 1. The zero-order chi connectivity index (χ0) is 13.1. The van der Waals surface area contributed by atoms with Gasteiger partial charge in [0.15, 0.2) is 0 Å². The molecule has 0 aliphatic rings. The van der Waals surface area contributed by atoms with Crippen molar-refractivity contribution in [1.29, 1.82) is 0 Å². The van der Waals surface area contributed by atoms with Gasteiger partial charge < -0.3 is 15.2 Å². The Hall–Kier alpha value is -2.30. The Bertz CT molecular complexity index is 600. The molecule has 2 amide bonds. The SMILES string of the molecule is C=CCNC(=O)Nc1ccc2c(c1)nc(C)n2C. The minimum absolute atomic E-state index is 0.248. The van der Waals surface area contributed by atoms with E-state index in [0.717, 1.165) is 22.5 Å². The number of amides is 2. The Balaban J connectivity index is 2.20. The van der Waals surface area contributed by atoms with Gasteiger partial charge in [0.25, 0.3) is 0 Å². The summed E-state index contributed by atoms with van der Waals surface area (Å²) in [5.41, 5.74) is 2.64. The van der Waals surface area contributed by atoms with Gasteiger partial charge in [0, 0.05) is 19.3 Å². The van der Waals surface area contributed by atoms with Crippen molar-refractivity contribution < 1.29 is 4.79 Å². The molecule has 1 aromatic heterocycles. The van der Waals surface area contributed by atoms with Crippen molar-refractivity contribution in [3.63, 3.8) is 0 Å². The Labute approximate surface area is 106 Å². The summed E-state index contributed by atoms with van der Waals surface area (Å²) in [6, 6.07) is 5.41. The summed E-state index contributed by atoms with van der Waals surface area (Å²) in [4.78, 5) is 15.9. The molecule has 0 atom stereocenters. The molecule has 0 saturated carbocycles. The first-order chi connectivity index (χ1) is 8.61. The van der Waals surface area contributed by atoms with Crippen LogP contribution in [-0.4, -0.2) is 22.1 Å². The maximum atomic E-state index is 11.5. The zero-order valence-electron chi connectivity index (χ0n) is 10.5. The van der Waals surface area contributed by atoms with Crippen LogP contribution in [0.4, 0.5) is 10.5 Å². The molecule has 1 heterocycles. The number of nitrogens with one attached hydrogen (secondary N) is 2. The number of hydrogen-bond acceptors (Lipinski definition) is 2. The lowest BCUT2D eigenvalue weighted by atomic mass is 10.3. The zero-order valence-corrected chi connectivity index (χ0v) is 10.5. The van der Waals surface area contributed by atoms with Crippen molar-refractivity contribution in [2.24, 2.45) is 7.05 Å². The molecular formula is C13H16N4O. The lowest BCUT2D eigenvalue weighted by molar-refractivity contribution is 0.253. The van der Waals surface area contributed by atoms with Crippen molar-refractivity contribution in [3.05, 3.63) is 36.7 Å². The molecule has 2 rings (SSSR count). The van der Waals surface area contributed by atoms with Gasteiger partial charge in [-0.1, -0.05) is 6.08 Å². The van der Waals surface area contributed by atoms with Crippen molar-refractivity contribution >= 4 is 22.8 Å². The van der Waals surface area contributed by atoms with E-state index in [0.29, 0.717) is 6.54 Å². The summed E-state index contributed by atoms with van der Waals surface area (Å²) in [5.74, 6) is 0.943. The number of anilines is 1. The number of fused-ring (bicyclic) bond motifs is 1. The van der Waals surface area contributed by atoms with Gasteiger partial charge in [-0.25, -0.2) is 9.78 Å². The topological polar surface area (TPSA) is 59.0 Å². The lowest BCUT2D eigenvalue weighted by Crippen LogP contribution is -2.28. The van der Waals surface area contributed by atoms with Crippen LogP contribution in [0.25, 0.3) is 11.0 Å². The summed E-state index contributed by atoms with van der Waals surface area (Å²) in [6.45, 7) is 5.93. The Kier molecular flexibility index (Phi) is 3.32. The number of imidazole rings is 1. The second-order valence-corrected chi connectivity index (χ2v) is 4.05. The smallest absolute Gasteiger partial charge is 0.319 e. The predicted octanol–water partition coefficient (Wildman–Crippen LogP) is 2.19. The maximum absolute atomic E-state index is 11.5. The van der Waals surface area contributed by atoms with E-state index in [9.17, 15) is 4.79 Å². The van der Waals surface area contributed by atoms with Gasteiger partial charge in [0.2, 0.25) is 0 Å². The van der Waals surface area contributed by atoms with E-state index < -0.39 is 0 Å². The third kappa shape index (κ3) is 2.34. The largest absolute Gasteiger partial charge is 0.334 e. The van der Waals surface area contributed by atoms with Crippen LogP contribution in [0.2, 0.25) is 0 Å². The molecule has 0 spiro atoms. The molecule has 0 aliphatic carbocycles. The van der Waals surface area contributed by atoms with E-state index >= 15 is 0 Å². The van der Waals surface area contributed by atoms with Crippen LogP contribution in [-0.2, 0) is 7.05 Å². The van der Waals surface area contributed by atoms with Crippen molar-refractivity contribution in [3.8, 4) is 0 Å². The minimum Gasteiger partial charge on any atom is -0.334 e. The predicted molar refractivity (Wildman–Crippen MR) is 72.7 cm³/mol. The minimum atomic E-state index is -0.248. The Morgan fingerprint density at radius 3 is 3.06 bits per heavy atom. The standard InChI is InChI=1S/C13H16N4O/c1-4-7-14-13(18)16-10-5-6-12-11(8-10)15-9(2)17(12)3/h4-6,8H,1,7H2,2-3H3,(H2,14,16,18). The van der Waals surface area contributed by atoms with E-state index in [1.807, 2.05) is 36.7 Å². The highest BCUT2D eigenvalue weighted by atomic mass is 16.2. The van der Waals surface area contributed by atoms with Crippen LogP contribution in [0.3, 0.4) is 0 Å². The second kappa shape index (κ2) is 4.91. The van der Waals surface area contributed by atoms with Crippen molar-refractivity contribution in [2.45, 2.75) is 6.92 Å². The van der Waals surface area contributed by atoms with Crippen LogP contribution in [0.15, 0.2) is 30.9 Å². The number of aryl methyl sites for hydroxylation is 2. The van der Waals surface area contributed by atoms with Gasteiger partial charge in [0.1, 0.15) is 5.82 Å². The first-order valence-corrected chi connectivity index (χ1v) is 5.70. The molecule has 5 nitrogen and oxygen atoms in total. The van der Waals surface area contributed by atoms with Crippen LogP contribution < -0.4 is 10.6 Å². The monoisotopic (exact) mass is 244 g/mol. The fourth-order valence-electron chi connectivity index (χ4n) is 1.74. The average molecular weight is 244 g/mol. The van der Waals surface area contributed by atoms with Crippen molar-refractivity contribution in [1.82, 2.24) is 14.9 Å². The molecule has 2 N–H and O–H groups in total. The Morgan fingerprint density at radius 2 is 2.33 bits per heavy atom. The van der Waals surface area contributed by atoms with Crippen LogP contribution in [0.5, 0.6) is 0 Å². The van der Waals surface area contributed by atoms with Gasteiger partial charge in [-0.2, -0.15) is 0 Å². The third-order valence-corrected chi connectivity index (χ3v) is 2.77. The molecule has 0 unspecified atom stereocenters. The quantitative estimate of drug-likeness (QED) is 0.813. The first-order valence-electron chi connectivity index (χ1n) is 5.70. The highest BCUT2D eigenvalue weighted by Gasteiger charge is 2.06. The van der Waals surface area contributed by atoms with Gasteiger partial charge in [-0.05, 0) is 25.1 Å². The van der Waals surface area contributed by atoms with E-state index in [1.54, 1.807) is 6.08 Å². The molecule has 0 radical (unpaired) electrons. The highest BCUT2D eigenvalue weighted by molar-refractivity contribution is 5.92. The third-order valence-electron chi connectivity index (χ3n) is 2.77. The Morgan fingerprint density at radius 1 is 1.56 bits per heavy atom. The van der Waals surface area contributed by atoms with E-state index in [4.69, 9.17) is 0 Å². The second-order valence-electron chi connectivity index (χ2n) is 4.05. The number of carbonyl (C=O) groups is 1. The molecule has 0 bridgehead atoms. The van der Waals surface area contributed by atoms with Crippen LogP contribution in [0, 0.1) is 6.92 Å². The number of carbonyl (C=O) groups excluding carboxylic acids is 1. The number of aromatic nitrogens is 2. The summed E-state index contributed by atoms with van der Waals surface area (Å²) in [5, 5.41) is 5.40. The summed E-state index contributed by atoms with van der Waals surface area (Å²) >= 11 is 0. The van der Waals surface area contributed by atoms with Gasteiger partial charge in [0.05, 0.1) is 11.0 Å². The maximum Gasteiger partial charge on any atom is 0.319 e. The summed E-state index contributed by atoms with van der Waals surface area (Å²) in [6.07, 6.45) is 1.63. The van der Waals surface area contributed by atoms with Gasteiger partial charge in [-0.3, -0.25) is 0 Å². The van der Waals surface area contributed by atoms with E-state index in [1.165, 1.54) is 0 Å². The first kappa shape index (κ1) is 12.2. The van der Waals surface area contributed by atoms with Gasteiger partial charge >= 0.3 is 6.03 Å². The number of rotatable bonds is 3. The molecule has 5 heteroatoms. The van der Waals surface area contributed by atoms with E-state index in [-0.39, 0.29) is 6.03 Å². The summed E-state index contributed by atoms with van der Waals surface area (Å²) < 4.78 is 2.01. The fraction of sp³-hybridized carbons (Fsp3) is 0.231. The fourth-order valence-corrected chi connectivity index (χ4v) is 1.74. The van der Waals surface area contributed by atoms with E-state index in [2.05, 4.69) is 22.2 Å². The molecule has 2 aromatic rings. The lowest BCUT2D eigenvalue weighted by Gasteiger charge is -2.05. The normalized spacial score (nSPS) is 10.3. The number of hydrogen-bond donors (Lipinski definition) is 2. The molecule has 94 valence electrons. The molecule has 0 fully saturated rings. The number of nitrogens with zero attached hydrogens (tertiary/aromatic N) is 2. The van der Waals surface area contributed by atoms with Crippen molar-refractivity contribution in [2.75, 3.05) is 11.9 Å². The number of urea groups is 1. The molecule has 0 aliphatic heterocycles. The molecule has 18 heavy (non-hydrogen) atoms. The average Bonchev–Trinajstić information content (AvgIpc) is 2.62. The van der Waals surface area contributed by atoms with Crippen LogP contribution in [0.1, 0.15) is 5.82 Å². The molecule has 0 saturated heterocycles. The summed E-state index contributed by atoms with van der Waals surface area (Å²) in [7, 11) is 1.97. The van der Waals surface area contributed by atoms with Crippen LogP contribution >= 0.6 is 0 Å². The molecule has 1 aromatic carbocycles. The molecular weight excluding hydrogens is 228 g/mol. The highest BCUT2D eigenvalue weighted by Crippen LogP contribution is 2.19. The van der Waals surface area contributed by atoms with Gasteiger partial charge in [-0.15, -0.1) is 6.58 Å².